The lowest BCUT2D eigenvalue weighted by atomic mass is 10.1. The molecule has 1 rings (SSSR count). The quantitative estimate of drug-likeness (QED) is 0.0911. The molecule has 0 spiro atoms. The smallest absolute Gasteiger partial charge is 0.257 e. The molecule has 0 aromatic heterocycles. The van der Waals surface area contributed by atoms with Gasteiger partial charge in [-0.1, -0.05) is 62.8 Å². The Morgan fingerprint density at radius 2 is 1.89 bits per heavy atom. The second-order valence-corrected chi connectivity index (χ2v) is 9.61. The van der Waals surface area contributed by atoms with Crippen molar-refractivity contribution >= 4 is 29.3 Å². The number of ether oxygens (including phenoxy) is 3. The zero-order valence-electron chi connectivity index (χ0n) is 23.7. The first-order chi connectivity index (χ1) is 18.3. The summed E-state index contributed by atoms with van der Waals surface area (Å²) in [5.41, 5.74) is 2.09. The third kappa shape index (κ3) is 12.8. The minimum Gasteiger partial charge on any atom is -0.501 e. The molecular weight excluding hydrogens is 508 g/mol. The summed E-state index contributed by atoms with van der Waals surface area (Å²) in [6, 6.07) is 0. The SMILES string of the molecule is CCCCCCC[C@@H](C/C=C/CCC(=O)N(C)C/C(=C/Cl)C/C(=C/C(=O)N1CC(OC)=CC1=O)OC)OC. The van der Waals surface area contributed by atoms with E-state index < -0.39 is 11.8 Å². The van der Waals surface area contributed by atoms with E-state index >= 15 is 0 Å². The van der Waals surface area contributed by atoms with Crippen LogP contribution in [0.5, 0.6) is 0 Å². The Labute approximate surface area is 233 Å². The maximum absolute atomic E-state index is 12.6. The predicted octanol–water partition coefficient (Wildman–Crippen LogP) is 5.49. The zero-order valence-corrected chi connectivity index (χ0v) is 24.4. The highest BCUT2D eigenvalue weighted by Gasteiger charge is 2.27. The molecule has 214 valence electrons. The van der Waals surface area contributed by atoms with Gasteiger partial charge in [0, 0.05) is 51.2 Å². The van der Waals surface area contributed by atoms with Crippen molar-refractivity contribution in [2.45, 2.75) is 77.2 Å². The number of allylic oxidation sites excluding steroid dienone is 2. The third-order valence-corrected chi connectivity index (χ3v) is 6.72. The monoisotopic (exact) mass is 552 g/mol. The molecule has 0 radical (unpaired) electrons. The first-order valence-corrected chi connectivity index (χ1v) is 13.8. The van der Waals surface area contributed by atoms with Crippen LogP contribution in [0.1, 0.15) is 71.1 Å². The van der Waals surface area contributed by atoms with Gasteiger partial charge in [-0.2, -0.15) is 0 Å². The van der Waals surface area contributed by atoms with Crippen LogP contribution in [0.2, 0.25) is 0 Å². The van der Waals surface area contributed by atoms with E-state index in [1.807, 2.05) is 6.08 Å². The summed E-state index contributed by atoms with van der Waals surface area (Å²) in [5, 5.41) is 0. The van der Waals surface area contributed by atoms with Gasteiger partial charge in [0.1, 0.15) is 11.5 Å². The molecule has 0 saturated heterocycles. The lowest BCUT2D eigenvalue weighted by Crippen LogP contribution is -2.32. The molecule has 3 amide bonds. The minimum absolute atomic E-state index is 0.00950. The van der Waals surface area contributed by atoms with Gasteiger partial charge in [-0.05, 0) is 24.8 Å². The highest BCUT2D eigenvalue weighted by atomic mass is 35.5. The molecule has 0 aromatic rings. The van der Waals surface area contributed by atoms with Crippen LogP contribution in [0.15, 0.2) is 46.9 Å². The summed E-state index contributed by atoms with van der Waals surface area (Å²) in [5.74, 6) is -0.200. The van der Waals surface area contributed by atoms with Crippen LogP contribution in [0.25, 0.3) is 0 Å². The van der Waals surface area contributed by atoms with Crippen molar-refractivity contribution in [3.05, 3.63) is 46.9 Å². The fourth-order valence-electron chi connectivity index (χ4n) is 4.02. The second-order valence-electron chi connectivity index (χ2n) is 9.39. The van der Waals surface area contributed by atoms with Crippen LogP contribution in [-0.2, 0) is 28.6 Å². The van der Waals surface area contributed by atoms with Gasteiger partial charge in [0.05, 0.1) is 26.9 Å². The maximum atomic E-state index is 12.6. The summed E-state index contributed by atoms with van der Waals surface area (Å²) in [6.45, 7) is 2.59. The van der Waals surface area contributed by atoms with Crippen LogP contribution in [0.4, 0.5) is 0 Å². The van der Waals surface area contributed by atoms with Gasteiger partial charge in [0.2, 0.25) is 5.91 Å². The number of hydrogen-bond acceptors (Lipinski definition) is 6. The Morgan fingerprint density at radius 3 is 2.50 bits per heavy atom. The molecule has 38 heavy (non-hydrogen) atoms. The van der Waals surface area contributed by atoms with Gasteiger partial charge < -0.3 is 19.1 Å². The number of carbonyl (C=O) groups excluding carboxylic acids is 3. The number of unbranched alkanes of at least 4 members (excludes halogenated alkanes) is 4. The van der Waals surface area contributed by atoms with Crippen molar-refractivity contribution in [3.8, 4) is 0 Å². The van der Waals surface area contributed by atoms with E-state index in [4.69, 9.17) is 25.8 Å². The van der Waals surface area contributed by atoms with Crippen LogP contribution in [0, 0.1) is 0 Å². The number of methoxy groups -OCH3 is 3. The largest absolute Gasteiger partial charge is 0.501 e. The molecule has 1 aliphatic heterocycles. The van der Waals surface area contributed by atoms with Gasteiger partial charge in [0.15, 0.2) is 0 Å². The van der Waals surface area contributed by atoms with Crippen LogP contribution in [0.3, 0.4) is 0 Å². The highest BCUT2D eigenvalue weighted by Crippen LogP contribution is 2.18. The van der Waals surface area contributed by atoms with Crippen molar-refractivity contribution in [2.24, 2.45) is 0 Å². The van der Waals surface area contributed by atoms with E-state index in [1.165, 1.54) is 64.0 Å². The van der Waals surface area contributed by atoms with E-state index in [0.717, 1.165) is 17.7 Å². The standard InChI is InChI=1S/C29H45ClN2O6/c1-6-7-8-9-11-14-24(36-3)15-12-10-13-16-27(33)31(2)21-23(20-30)17-25(37-4)18-28(34)32-22-26(38-5)19-29(32)35/h10,12,18-20,24H,6-9,11,13-17,21-22H2,1-5H3/b12-10+,23-20+,25-18-/t24-/m0/s1. The average Bonchev–Trinajstić information content (AvgIpc) is 3.31. The molecule has 0 unspecified atom stereocenters. The van der Waals surface area contributed by atoms with E-state index in [-0.39, 0.29) is 25.0 Å². The summed E-state index contributed by atoms with van der Waals surface area (Å²) >= 11 is 6.01. The summed E-state index contributed by atoms with van der Waals surface area (Å²) in [6.07, 6.45) is 16.3. The molecule has 9 heteroatoms. The lowest BCUT2D eigenvalue weighted by molar-refractivity contribution is -0.137. The topological polar surface area (TPSA) is 85.4 Å². The molecule has 0 N–H and O–H groups in total. The molecule has 0 aromatic carbocycles. The first-order valence-electron chi connectivity index (χ1n) is 13.3. The predicted molar refractivity (Wildman–Crippen MR) is 150 cm³/mol. The normalized spacial score (nSPS) is 15.2. The van der Waals surface area contributed by atoms with E-state index in [1.54, 1.807) is 19.1 Å². The molecular formula is C29H45ClN2O6. The van der Waals surface area contributed by atoms with Gasteiger partial charge >= 0.3 is 0 Å². The number of imide groups is 1. The number of carbonyl (C=O) groups is 3. The molecule has 0 bridgehead atoms. The van der Waals surface area contributed by atoms with Gasteiger partial charge in [-0.25, -0.2) is 0 Å². The number of likely N-dealkylation sites (N-methyl/N-ethyl adjacent to an activating group) is 1. The summed E-state index contributed by atoms with van der Waals surface area (Å²) in [7, 11) is 6.36. The lowest BCUT2D eigenvalue weighted by Gasteiger charge is -2.19. The van der Waals surface area contributed by atoms with Gasteiger partial charge in [0.25, 0.3) is 11.8 Å². The average molecular weight is 553 g/mol. The Morgan fingerprint density at radius 1 is 1.16 bits per heavy atom. The number of halogens is 1. The number of nitrogens with zero attached hydrogens (tertiary/aromatic N) is 2. The van der Waals surface area contributed by atoms with Crippen molar-refractivity contribution < 1.29 is 28.6 Å². The fourth-order valence-corrected chi connectivity index (χ4v) is 4.17. The van der Waals surface area contributed by atoms with Crippen LogP contribution in [-0.4, -0.2) is 75.1 Å². The van der Waals surface area contributed by atoms with E-state index in [0.29, 0.717) is 36.5 Å². The van der Waals surface area contributed by atoms with Crippen LogP contribution < -0.4 is 0 Å². The minimum atomic E-state index is -0.507. The maximum Gasteiger partial charge on any atom is 0.257 e. The number of hydrogen-bond donors (Lipinski definition) is 0. The Bertz CT molecular complexity index is 880. The fraction of sp³-hybridized carbons (Fsp3) is 0.621. The zero-order chi connectivity index (χ0) is 28.3. The Hall–Kier alpha value is -2.58. The van der Waals surface area contributed by atoms with Crippen molar-refractivity contribution in [1.29, 1.82) is 0 Å². The Kier molecular flexibility index (Phi) is 17.1. The first kappa shape index (κ1) is 33.4. The van der Waals surface area contributed by atoms with E-state index in [2.05, 4.69) is 13.0 Å². The van der Waals surface area contributed by atoms with Crippen molar-refractivity contribution in [1.82, 2.24) is 9.80 Å². The number of rotatable bonds is 19. The third-order valence-electron chi connectivity index (χ3n) is 6.41. The number of amides is 3. The van der Waals surface area contributed by atoms with Crippen molar-refractivity contribution in [3.63, 3.8) is 0 Å². The molecule has 0 aliphatic carbocycles. The summed E-state index contributed by atoms with van der Waals surface area (Å²) in [4.78, 5) is 39.8. The highest BCUT2D eigenvalue weighted by molar-refractivity contribution is 6.25. The molecule has 1 aliphatic rings. The molecule has 1 heterocycles. The summed E-state index contributed by atoms with van der Waals surface area (Å²) < 4.78 is 16.0. The van der Waals surface area contributed by atoms with Gasteiger partial charge in [-0.3, -0.25) is 19.3 Å². The molecule has 0 saturated carbocycles. The molecule has 0 fully saturated rings. The second kappa shape index (κ2) is 19.5. The van der Waals surface area contributed by atoms with Gasteiger partial charge in [-0.15, -0.1) is 0 Å². The van der Waals surface area contributed by atoms with E-state index in [9.17, 15) is 14.4 Å². The van der Waals surface area contributed by atoms with Crippen molar-refractivity contribution in [2.75, 3.05) is 41.5 Å². The Balaban J connectivity index is 2.47. The molecule has 8 nitrogen and oxygen atoms in total. The molecule has 1 atom stereocenters. The van der Waals surface area contributed by atoms with Crippen LogP contribution >= 0.6 is 11.6 Å².